The van der Waals surface area contributed by atoms with Crippen molar-refractivity contribution in [2.24, 2.45) is 0 Å². The first kappa shape index (κ1) is 17.2. The van der Waals surface area contributed by atoms with Gasteiger partial charge in [-0.15, -0.1) is 11.3 Å². The predicted molar refractivity (Wildman–Crippen MR) is 96.3 cm³/mol. The lowest BCUT2D eigenvalue weighted by molar-refractivity contribution is -0.119. The Labute approximate surface area is 148 Å². The van der Waals surface area contributed by atoms with Gasteiger partial charge in [-0.3, -0.25) is 10.1 Å². The van der Waals surface area contributed by atoms with E-state index in [1.54, 1.807) is 18.3 Å². The average molecular weight is 364 g/mol. The van der Waals surface area contributed by atoms with Crippen LogP contribution in [0.2, 0.25) is 0 Å². The van der Waals surface area contributed by atoms with Gasteiger partial charge in [0.25, 0.3) is 0 Å². The summed E-state index contributed by atoms with van der Waals surface area (Å²) in [5, 5.41) is 7.63. The average Bonchev–Trinajstić information content (AvgIpc) is 3.05. The highest BCUT2D eigenvalue weighted by Crippen LogP contribution is 2.31. The number of amides is 3. The van der Waals surface area contributed by atoms with Crippen LogP contribution in [0.25, 0.3) is 10.2 Å². The quantitative estimate of drug-likeness (QED) is 0.642. The normalized spacial score (nSPS) is 16.7. The van der Waals surface area contributed by atoms with Crippen LogP contribution in [0.1, 0.15) is 39.0 Å². The van der Waals surface area contributed by atoms with E-state index < -0.39 is 11.3 Å². The largest absolute Gasteiger partial charge is 0.335 e. The number of carbonyl (C=O) groups is 2. The summed E-state index contributed by atoms with van der Waals surface area (Å²) in [6.45, 7) is 1.77. The summed E-state index contributed by atoms with van der Waals surface area (Å²) >= 11 is 2.89. The smallest absolute Gasteiger partial charge is 0.321 e. The number of aromatic nitrogens is 2. The third kappa shape index (κ3) is 4.24. The van der Waals surface area contributed by atoms with E-state index in [-0.39, 0.29) is 11.9 Å². The SMILES string of the molecule is CC(Sc1ncnc2ccsc12)C(=O)NC(=O)NC1CCCCC1. The van der Waals surface area contributed by atoms with Gasteiger partial charge in [-0.2, -0.15) is 0 Å². The molecule has 2 aromatic heterocycles. The molecule has 0 aliphatic heterocycles. The molecule has 1 fully saturated rings. The zero-order chi connectivity index (χ0) is 16.9. The summed E-state index contributed by atoms with van der Waals surface area (Å²) in [6, 6.07) is 1.71. The molecule has 0 saturated heterocycles. The molecule has 1 unspecified atom stereocenters. The lowest BCUT2D eigenvalue weighted by atomic mass is 9.96. The summed E-state index contributed by atoms with van der Waals surface area (Å²) in [5.41, 5.74) is 0.875. The molecular formula is C16H20N4O2S2. The van der Waals surface area contributed by atoms with Gasteiger partial charge < -0.3 is 5.32 Å². The van der Waals surface area contributed by atoms with Crippen LogP contribution < -0.4 is 10.6 Å². The van der Waals surface area contributed by atoms with E-state index >= 15 is 0 Å². The fourth-order valence-electron chi connectivity index (χ4n) is 2.75. The standard InChI is InChI=1S/C16H20N4O2S2/c1-10(24-15-13-12(7-8-23-13)17-9-18-15)14(21)20-16(22)19-11-5-3-2-4-6-11/h7-11H,2-6H2,1H3,(H2,19,20,21,22). The van der Waals surface area contributed by atoms with E-state index in [1.807, 2.05) is 11.4 Å². The Morgan fingerprint density at radius 1 is 1.29 bits per heavy atom. The number of nitrogens with zero attached hydrogens (tertiary/aromatic N) is 2. The molecule has 2 N–H and O–H groups in total. The third-order valence-corrected chi connectivity index (χ3v) is 6.19. The number of fused-ring (bicyclic) bond motifs is 1. The van der Waals surface area contributed by atoms with Crippen LogP contribution in [0.4, 0.5) is 4.79 Å². The first-order valence-corrected chi connectivity index (χ1v) is 9.85. The van der Waals surface area contributed by atoms with Crippen LogP contribution in [-0.4, -0.2) is 33.2 Å². The van der Waals surface area contributed by atoms with Gasteiger partial charge in [-0.1, -0.05) is 31.0 Å². The van der Waals surface area contributed by atoms with Crippen LogP contribution in [0, 0.1) is 0 Å². The van der Waals surface area contributed by atoms with Crippen LogP contribution in [0.5, 0.6) is 0 Å². The van der Waals surface area contributed by atoms with Crippen molar-refractivity contribution in [2.45, 2.75) is 55.3 Å². The zero-order valence-electron chi connectivity index (χ0n) is 13.4. The van der Waals surface area contributed by atoms with E-state index in [0.717, 1.165) is 40.9 Å². The van der Waals surface area contributed by atoms with E-state index in [9.17, 15) is 9.59 Å². The van der Waals surface area contributed by atoms with Crippen molar-refractivity contribution < 1.29 is 9.59 Å². The molecule has 2 heterocycles. The number of nitrogens with one attached hydrogen (secondary N) is 2. The number of thiophene rings is 1. The minimum Gasteiger partial charge on any atom is -0.335 e. The van der Waals surface area contributed by atoms with Gasteiger partial charge in [-0.25, -0.2) is 14.8 Å². The van der Waals surface area contributed by atoms with Gasteiger partial charge in [0.1, 0.15) is 11.4 Å². The molecule has 0 bridgehead atoms. The predicted octanol–water partition coefficient (Wildman–Crippen LogP) is 3.33. The number of rotatable bonds is 4. The van der Waals surface area contributed by atoms with Crippen molar-refractivity contribution in [3.63, 3.8) is 0 Å². The van der Waals surface area contributed by atoms with E-state index in [0.29, 0.717) is 0 Å². The van der Waals surface area contributed by atoms with Gasteiger partial charge in [-0.05, 0) is 31.2 Å². The Balaban J connectivity index is 1.54. The van der Waals surface area contributed by atoms with Crippen molar-refractivity contribution >= 4 is 45.3 Å². The highest BCUT2D eigenvalue weighted by Gasteiger charge is 2.21. The molecule has 0 spiro atoms. The fourth-order valence-corrected chi connectivity index (χ4v) is 4.59. The van der Waals surface area contributed by atoms with Crippen molar-refractivity contribution in [1.29, 1.82) is 0 Å². The number of hydrogen-bond donors (Lipinski definition) is 2. The first-order chi connectivity index (χ1) is 11.6. The molecule has 3 amide bonds. The maximum Gasteiger partial charge on any atom is 0.321 e. The molecule has 128 valence electrons. The maximum atomic E-state index is 12.2. The Morgan fingerprint density at radius 2 is 2.08 bits per heavy atom. The minimum absolute atomic E-state index is 0.183. The summed E-state index contributed by atoms with van der Waals surface area (Å²) in [6.07, 6.45) is 6.97. The Hall–Kier alpha value is -1.67. The lowest BCUT2D eigenvalue weighted by Crippen LogP contribution is -2.47. The van der Waals surface area contributed by atoms with Gasteiger partial charge in [0, 0.05) is 6.04 Å². The van der Waals surface area contributed by atoms with Crippen LogP contribution in [-0.2, 0) is 4.79 Å². The third-order valence-electron chi connectivity index (χ3n) is 4.05. The van der Waals surface area contributed by atoms with Gasteiger partial charge in [0.05, 0.1) is 15.5 Å². The molecule has 3 rings (SSSR count). The monoisotopic (exact) mass is 364 g/mol. The van der Waals surface area contributed by atoms with Crippen molar-refractivity contribution in [1.82, 2.24) is 20.6 Å². The molecule has 6 nitrogen and oxygen atoms in total. The van der Waals surface area contributed by atoms with Crippen molar-refractivity contribution in [3.05, 3.63) is 17.8 Å². The number of imide groups is 1. The highest BCUT2D eigenvalue weighted by molar-refractivity contribution is 8.00. The molecule has 8 heteroatoms. The molecule has 1 aliphatic rings. The van der Waals surface area contributed by atoms with Crippen molar-refractivity contribution in [3.8, 4) is 0 Å². The second kappa shape index (κ2) is 7.94. The Morgan fingerprint density at radius 3 is 2.88 bits per heavy atom. The second-order valence-corrected chi connectivity index (χ2v) is 8.12. The zero-order valence-corrected chi connectivity index (χ0v) is 15.1. The summed E-state index contributed by atoms with van der Waals surface area (Å²) in [5.74, 6) is -0.309. The Kier molecular flexibility index (Phi) is 5.68. The summed E-state index contributed by atoms with van der Waals surface area (Å²) in [4.78, 5) is 32.7. The number of hydrogen-bond acceptors (Lipinski definition) is 6. The van der Waals surface area contributed by atoms with Crippen molar-refractivity contribution in [2.75, 3.05) is 0 Å². The highest BCUT2D eigenvalue weighted by atomic mass is 32.2. The second-order valence-electron chi connectivity index (χ2n) is 5.87. The maximum absolute atomic E-state index is 12.2. The minimum atomic E-state index is -0.415. The molecule has 1 atom stereocenters. The van der Waals surface area contributed by atoms with Crippen LogP contribution in [0.15, 0.2) is 22.8 Å². The van der Waals surface area contributed by atoms with Gasteiger partial charge in [0.15, 0.2) is 0 Å². The molecule has 0 radical (unpaired) electrons. The molecule has 24 heavy (non-hydrogen) atoms. The molecular weight excluding hydrogens is 344 g/mol. The van der Waals surface area contributed by atoms with Gasteiger partial charge >= 0.3 is 6.03 Å². The number of carbonyl (C=O) groups excluding carboxylic acids is 2. The van der Waals surface area contributed by atoms with Crippen LogP contribution in [0.3, 0.4) is 0 Å². The molecule has 2 aromatic rings. The summed E-state index contributed by atoms with van der Waals surface area (Å²) < 4.78 is 0.966. The fraction of sp³-hybridized carbons (Fsp3) is 0.500. The van der Waals surface area contributed by atoms with Crippen LogP contribution >= 0.6 is 23.1 Å². The lowest BCUT2D eigenvalue weighted by Gasteiger charge is -2.23. The number of thioether (sulfide) groups is 1. The van der Waals surface area contributed by atoms with E-state index in [2.05, 4.69) is 20.6 Å². The molecule has 1 aliphatic carbocycles. The van der Waals surface area contributed by atoms with E-state index in [1.165, 1.54) is 24.5 Å². The topological polar surface area (TPSA) is 84.0 Å². The number of urea groups is 1. The first-order valence-electron chi connectivity index (χ1n) is 8.09. The Bertz CT molecular complexity index is 728. The molecule has 1 saturated carbocycles. The van der Waals surface area contributed by atoms with E-state index in [4.69, 9.17) is 0 Å². The van der Waals surface area contributed by atoms with Gasteiger partial charge in [0.2, 0.25) is 5.91 Å². The molecule has 0 aromatic carbocycles. The summed E-state index contributed by atoms with van der Waals surface area (Å²) in [7, 11) is 0.